The molecule has 0 spiro atoms. The molecule has 0 aliphatic rings. The number of aliphatic hydroxyl groups is 1. The molecule has 0 radical (unpaired) electrons. The van der Waals surface area contributed by atoms with Crippen LogP contribution in [-0.4, -0.2) is 14.9 Å². The third-order valence-corrected chi connectivity index (χ3v) is 3.01. The largest absolute Gasteiger partial charge is 0.487 e. The van der Waals surface area contributed by atoms with Gasteiger partial charge in [-0.1, -0.05) is 12.1 Å². The van der Waals surface area contributed by atoms with E-state index in [1.807, 2.05) is 41.9 Å². The zero-order valence-electron chi connectivity index (χ0n) is 11.6. The number of aryl methyl sites for hydroxylation is 2. The molecule has 0 saturated heterocycles. The number of ether oxygens (including phenoxy) is 1. The van der Waals surface area contributed by atoms with E-state index in [1.54, 1.807) is 6.92 Å². The Hall–Kier alpha value is -1.81. The Morgan fingerprint density at radius 3 is 2.84 bits per heavy atom. The lowest BCUT2D eigenvalue weighted by Crippen LogP contribution is -2.06. The average molecular weight is 260 g/mol. The number of aromatic nitrogens is 2. The summed E-state index contributed by atoms with van der Waals surface area (Å²) in [6, 6.07) is 9.56. The molecule has 0 bridgehead atoms. The highest BCUT2D eigenvalue weighted by molar-refractivity contribution is 5.29. The topological polar surface area (TPSA) is 47.3 Å². The number of hydrogen-bond donors (Lipinski definition) is 1. The Balaban J connectivity index is 2.07. The van der Waals surface area contributed by atoms with Gasteiger partial charge in [-0.15, -0.1) is 0 Å². The van der Waals surface area contributed by atoms with E-state index in [4.69, 9.17) is 4.74 Å². The van der Waals surface area contributed by atoms with Gasteiger partial charge in [-0.25, -0.2) is 0 Å². The Morgan fingerprint density at radius 1 is 1.37 bits per heavy atom. The summed E-state index contributed by atoms with van der Waals surface area (Å²) in [7, 11) is 0. The zero-order chi connectivity index (χ0) is 13.8. The second-order valence-corrected chi connectivity index (χ2v) is 4.63. The zero-order valence-corrected chi connectivity index (χ0v) is 11.6. The number of nitrogens with zero attached hydrogens (tertiary/aromatic N) is 2. The number of hydrogen-bond acceptors (Lipinski definition) is 3. The summed E-state index contributed by atoms with van der Waals surface area (Å²) in [6.07, 6.45) is -0.480. The SMILES string of the molecule is CCn1nc(C)cc1COc1cccc(C(C)O)c1. The maximum atomic E-state index is 9.55. The first kappa shape index (κ1) is 13.6. The van der Waals surface area contributed by atoms with Crippen LogP contribution >= 0.6 is 0 Å². The van der Waals surface area contributed by atoms with E-state index in [1.165, 1.54) is 0 Å². The van der Waals surface area contributed by atoms with Gasteiger partial charge in [-0.05, 0) is 44.5 Å². The molecule has 1 aromatic carbocycles. The quantitative estimate of drug-likeness (QED) is 0.899. The summed E-state index contributed by atoms with van der Waals surface area (Å²) < 4.78 is 7.71. The molecule has 0 aliphatic heterocycles. The molecular formula is C15H20N2O2. The van der Waals surface area contributed by atoms with Gasteiger partial charge in [0.2, 0.25) is 0 Å². The van der Waals surface area contributed by atoms with Crippen molar-refractivity contribution in [3.8, 4) is 5.75 Å². The van der Waals surface area contributed by atoms with Crippen LogP contribution in [0.25, 0.3) is 0 Å². The van der Waals surface area contributed by atoms with E-state index in [2.05, 4.69) is 12.0 Å². The van der Waals surface area contributed by atoms with Crippen LogP contribution in [0.2, 0.25) is 0 Å². The average Bonchev–Trinajstić information content (AvgIpc) is 2.77. The van der Waals surface area contributed by atoms with Gasteiger partial charge in [-0.3, -0.25) is 4.68 Å². The molecule has 1 unspecified atom stereocenters. The fourth-order valence-corrected chi connectivity index (χ4v) is 2.01. The van der Waals surface area contributed by atoms with Gasteiger partial charge in [0.05, 0.1) is 17.5 Å². The number of aliphatic hydroxyl groups excluding tert-OH is 1. The molecule has 0 amide bonds. The monoisotopic (exact) mass is 260 g/mol. The second-order valence-electron chi connectivity index (χ2n) is 4.63. The summed E-state index contributed by atoms with van der Waals surface area (Å²) in [5.74, 6) is 0.764. The van der Waals surface area contributed by atoms with Crippen LogP contribution in [0.4, 0.5) is 0 Å². The Labute approximate surface area is 113 Å². The van der Waals surface area contributed by atoms with Crippen molar-refractivity contribution in [2.45, 2.75) is 40.0 Å². The molecule has 1 aromatic heterocycles. The van der Waals surface area contributed by atoms with E-state index in [-0.39, 0.29) is 0 Å². The predicted molar refractivity (Wildman–Crippen MR) is 74.0 cm³/mol. The van der Waals surface area contributed by atoms with Crippen LogP contribution in [0.5, 0.6) is 5.75 Å². The maximum absolute atomic E-state index is 9.55. The van der Waals surface area contributed by atoms with Gasteiger partial charge in [0.25, 0.3) is 0 Å². The van der Waals surface area contributed by atoms with Gasteiger partial charge in [0, 0.05) is 6.54 Å². The van der Waals surface area contributed by atoms with Crippen LogP contribution in [0, 0.1) is 6.92 Å². The van der Waals surface area contributed by atoms with Crippen LogP contribution in [0.1, 0.15) is 36.9 Å². The Morgan fingerprint density at radius 2 is 2.16 bits per heavy atom. The lowest BCUT2D eigenvalue weighted by atomic mass is 10.1. The third kappa shape index (κ3) is 3.35. The Bertz CT molecular complexity index is 547. The number of benzene rings is 1. The minimum Gasteiger partial charge on any atom is -0.487 e. The number of rotatable bonds is 5. The van der Waals surface area contributed by atoms with Crippen molar-refractivity contribution in [1.82, 2.24) is 9.78 Å². The van der Waals surface area contributed by atoms with Crippen molar-refractivity contribution in [3.05, 3.63) is 47.3 Å². The van der Waals surface area contributed by atoms with Crippen molar-refractivity contribution in [2.75, 3.05) is 0 Å². The predicted octanol–water partition coefficient (Wildman–Crippen LogP) is 2.84. The highest BCUT2D eigenvalue weighted by Gasteiger charge is 2.06. The van der Waals surface area contributed by atoms with Crippen molar-refractivity contribution in [1.29, 1.82) is 0 Å². The van der Waals surface area contributed by atoms with Gasteiger partial charge in [-0.2, -0.15) is 5.10 Å². The van der Waals surface area contributed by atoms with E-state index >= 15 is 0 Å². The first-order valence-electron chi connectivity index (χ1n) is 6.54. The molecule has 1 atom stereocenters. The first-order chi connectivity index (χ1) is 9.10. The fraction of sp³-hybridized carbons (Fsp3) is 0.400. The molecule has 4 heteroatoms. The molecule has 4 nitrogen and oxygen atoms in total. The maximum Gasteiger partial charge on any atom is 0.130 e. The molecule has 2 aromatic rings. The highest BCUT2D eigenvalue weighted by Crippen LogP contribution is 2.20. The van der Waals surface area contributed by atoms with Gasteiger partial charge >= 0.3 is 0 Å². The first-order valence-corrected chi connectivity index (χ1v) is 6.54. The molecular weight excluding hydrogens is 240 g/mol. The standard InChI is InChI=1S/C15H20N2O2/c1-4-17-14(8-11(2)16-17)10-19-15-7-5-6-13(9-15)12(3)18/h5-9,12,18H,4,10H2,1-3H3. The lowest BCUT2D eigenvalue weighted by molar-refractivity contribution is 0.198. The Kier molecular flexibility index (Phi) is 4.22. The van der Waals surface area contributed by atoms with E-state index in [0.717, 1.165) is 29.2 Å². The lowest BCUT2D eigenvalue weighted by Gasteiger charge is -2.10. The van der Waals surface area contributed by atoms with Crippen LogP contribution in [0.3, 0.4) is 0 Å². The van der Waals surface area contributed by atoms with Crippen molar-refractivity contribution in [3.63, 3.8) is 0 Å². The van der Waals surface area contributed by atoms with Gasteiger partial charge < -0.3 is 9.84 Å². The molecule has 1 heterocycles. The van der Waals surface area contributed by atoms with Gasteiger partial charge in [0.1, 0.15) is 12.4 Å². The molecule has 0 aliphatic carbocycles. The minimum atomic E-state index is -0.480. The smallest absolute Gasteiger partial charge is 0.130 e. The van der Waals surface area contributed by atoms with Crippen molar-refractivity contribution in [2.24, 2.45) is 0 Å². The molecule has 19 heavy (non-hydrogen) atoms. The molecule has 0 saturated carbocycles. The van der Waals surface area contributed by atoms with Crippen LogP contribution < -0.4 is 4.74 Å². The van der Waals surface area contributed by atoms with Crippen LogP contribution in [0.15, 0.2) is 30.3 Å². The third-order valence-electron chi connectivity index (χ3n) is 3.01. The summed E-state index contributed by atoms with van der Waals surface area (Å²) in [5, 5.41) is 13.9. The van der Waals surface area contributed by atoms with E-state index in [0.29, 0.717) is 6.61 Å². The fourth-order valence-electron chi connectivity index (χ4n) is 2.01. The normalized spacial score (nSPS) is 12.4. The molecule has 0 fully saturated rings. The van der Waals surface area contributed by atoms with Crippen LogP contribution in [-0.2, 0) is 13.2 Å². The molecule has 1 N–H and O–H groups in total. The molecule has 2 rings (SSSR count). The van der Waals surface area contributed by atoms with E-state index < -0.39 is 6.10 Å². The highest BCUT2D eigenvalue weighted by atomic mass is 16.5. The van der Waals surface area contributed by atoms with Crippen molar-refractivity contribution >= 4 is 0 Å². The second kappa shape index (κ2) is 5.89. The van der Waals surface area contributed by atoms with Gasteiger partial charge in [0.15, 0.2) is 0 Å². The molecule has 102 valence electrons. The minimum absolute atomic E-state index is 0.480. The van der Waals surface area contributed by atoms with E-state index in [9.17, 15) is 5.11 Å². The van der Waals surface area contributed by atoms with Crippen molar-refractivity contribution < 1.29 is 9.84 Å². The summed E-state index contributed by atoms with van der Waals surface area (Å²) in [6.45, 7) is 7.10. The summed E-state index contributed by atoms with van der Waals surface area (Å²) in [4.78, 5) is 0. The summed E-state index contributed by atoms with van der Waals surface area (Å²) in [5.41, 5.74) is 2.92. The summed E-state index contributed by atoms with van der Waals surface area (Å²) >= 11 is 0.